The normalized spacial score (nSPS) is 11.8. The van der Waals surface area contributed by atoms with E-state index in [1.807, 2.05) is 11.8 Å². The first kappa shape index (κ1) is 15.5. The molecule has 0 amide bonds. The first-order chi connectivity index (χ1) is 8.42. The van der Waals surface area contributed by atoms with E-state index in [1.54, 1.807) is 0 Å². The summed E-state index contributed by atoms with van der Waals surface area (Å²) in [5, 5.41) is 12.3. The van der Waals surface area contributed by atoms with Crippen molar-refractivity contribution in [3.05, 3.63) is 29.3 Å². The third-order valence-electron chi connectivity index (χ3n) is 2.62. The largest absolute Gasteiger partial charge is 0.396 e. The van der Waals surface area contributed by atoms with Crippen molar-refractivity contribution in [3.63, 3.8) is 0 Å². The molecular weight excluding hydrogens is 242 g/mol. The van der Waals surface area contributed by atoms with Crippen molar-refractivity contribution in [3.8, 4) is 0 Å². The van der Waals surface area contributed by atoms with Crippen molar-refractivity contribution in [2.75, 3.05) is 12.4 Å². The second-order valence-corrected chi connectivity index (χ2v) is 6.77. The van der Waals surface area contributed by atoms with Crippen molar-refractivity contribution in [2.45, 2.75) is 51.1 Å². The van der Waals surface area contributed by atoms with E-state index >= 15 is 0 Å². The average molecular weight is 267 g/mol. The summed E-state index contributed by atoms with van der Waals surface area (Å²) in [6.07, 6.45) is 0.859. The Morgan fingerprint density at radius 2 is 2.00 bits per heavy atom. The SMILES string of the molecule is Cc1cc(CNC(C)(C)C)ccc1SCCCO. The number of thioether (sulfide) groups is 1. The summed E-state index contributed by atoms with van der Waals surface area (Å²) in [6.45, 7) is 9.88. The summed E-state index contributed by atoms with van der Waals surface area (Å²) in [6, 6.07) is 6.63. The minimum absolute atomic E-state index is 0.155. The number of aryl methyl sites for hydroxylation is 1. The van der Waals surface area contributed by atoms with Crippen LogP contribution in [-0.2, 0) is 6.54 Å². The number of aliphatic hydroxyl groups is 1. The lowest BCUT2D eigenvalue weighted by atomic mass is 10.1. The van der Waals surface area contributed by atoms with Gasteiger partial charge in [0.1, 0.15) is 0 Å². The third kappa shape index (κ3) is 5.89. The lowest BCUT2D eigenvalue weighted by Crippen LogP contribution is -2.35. The fourth-order valence-electron chi connectivity index (χ4n) is 1.60. The maximum Gasteiger partial charge on any atom is 0.0439 e. The van der Waals surface area contributed by atoms with Crippen LogP contribution in [0.25, 0.3) is 0 Å². The second-order valence-electron chi connectivity index (χ2n) is 5.63. The molecule has 0 radical (unpaired) electrons. The van der Waals surface area contributed by atoms with Gasteiger partial charge in [-0.1, -0.05) is 12.1 Å². The Bertz CT molecular complexity index is 371. The molecule has 1 aromatic rings. The topological polar surface area (TPSA) is 32.3 Å². The highest BCUT2D eigenvalue weighted by Crippen LogP contribution is 2.24. The second kappa shape index (κ2) is 7.17. The fourth-order valence-corrected chi connectivity index (χ4v) is 2.54. The van der Waals surface area contributed by atoms with Crippen LogP contribution in [0.1, 0.15) is 38.3 Å². The molecule has 0 aliphatic carbocycles. The molecule has 0 unspecified atom stereocenters. The molecule has 0 aliphatic rings. The highest BCUT2D eigenvalue weighted by molar-refractivity contribution is 7.99. The van der Waals surface area contributed by atoms with Crippen molar-refractivity contribution in [1.82, 2.24) is 5.32 Å². The third-order valence-corrected chi connectivity index (χ3v) is 3.88. The molecule has 102 valence electrons. The lowest BCUT2D eigenvalue weighted by molar-refractivity contribution is 0.296. The molecule has 1 aromatic carbocycles. The maximum absolute atomic E-state index is 8.78. The smallest absolute Gasteiger partial charge is 0.0439 e. The molecule has 0 aromatic heterocycles. The van der Waals surface area contributed by atoms with Crippen LogP contribution >= 0.6 is 11.8 Å². The van der Waals surface area contributed by atoms with Gasteiger partial charge < -0.3 is 10.4 Å². The van der Waals surface area contributed by atoms with E-state index in [2.05, 4.69) is 51.2 Å². The van der Waals surface area contributed by atoms with Crippen LogP contribution in [0, 0.1) is 6.92 Å². The molecule has 0 fully saturated rings. The molecule has 0 saturated carbocycles. The van der Waals surface area contributed by atoms with E-state index in [9.17, 15) is 0 Å². The predicted molar refractivity (Wildman–Crippen MR) is 80.2 cm³/mol. The minimum atomic E-state index is 0.155. The molecule has 2 N–H and O–H groups in total. The standard InChI is InChI=1S/C15H25NOS/c1-12-10-13(11-16-15(2,3)4)6-7-14(12)18-9-5-8-17/h6-7,10,16-17H,5,8-9,11H2,1-4H3. The Balaban J connectivity index is 2.56. The van der Waals surface area contributed by atoms with E-state index in [0.29, 0.717) is 0 Å². The Kier molecular flexibility index (Phi) is 6.19. The maximum atomic E-state index is 8.78. The summed E-state index contributed by atoms with van der Waals surface area (Å²) in [5.41, 5.74) is 2.81. The summed E-state index contributed by atoms with van der Waals surface area (Å²) >= 11 is 1.82. The average Bonchev–Trinajstić information content (AvgIpc) is 2.28. The van der Waals surface area contributed by atoms with Crippen LogP contribution in [-0.4, -0.2) is 23.0 Å². The Hall–Kier alpha value is -0.510. The molecule has 0 saturated heterocycles. The lowest BCUT2D eigenvalue weighted by Gasteiger charge is -2.21. The van der Waals surface area contributed by atoms with Gasteiger partial charge in [-0.3, -0.25) is 0 Å². The van der Waals surface area contributed by atoms with Crippen molar-refractivity contribution < 1.29 is 5.11 Å². The van der Waals surface area contributed by atoms with Crippen molar-refractivity contribution in [1.29, 1.82) is 0 Å². The van der Waals surface area contributed by atoms with Gasteiger partial charge in [-0.05, 0) is 51.3 Å². The molecule has 0 atom stereocenters. The zero-order valence-corrected chi connectivity index (χ0v) is 12.7. The molecule has 3 heteroatoms. The van der Waals surface area contributed by atoms with Crippen molar-refractivity contribution >= 4 is 11.8 Å². The van der Waals surface area contributed by atoms with Gasteiger partial charge in [0.2, 0.25) is 0 Å². The molecule has 2 nitrogen and oxygen atoms in total. The van der Waals surface area contributed by atoms with Crippen LogP contribution in [0.3, 0.4) is 0 Å². The Morgan fingerprint density at radius 3 is 2.56 bits per heavy atom. The molecular formula is C15H25NOS. The molecule has 0 spiro atoms. The molecule has 1 rings (SSSR count). The first-order valence-electron chi connectivity index (χ1n) is 6.50. The van der Waals surface area contributed by atoms with Gasteiger partial charge in [0, 0.05) is 29.3 Å². The Morgan fingerprint density at radius 1 is 1.28 bits per heavy atom. The van der Waals surface area contributed by atoms with Crippen LogP contribution < -0.4 is 5.32 Å². The van der Waals surface area contributed by atoms with Gasteiger partial charge in [-0.25, -0.2) is 0 Å². The van der Waals surface area contributed by atoms with Gasteiger partial charge in [-0.15, -0.1) is 11.8 Å². The van der Waals surface area contributed by atoms with Crippen LogP contribution in [0.4, 0.5) is 0 Å². The highest BCUT2D eigenvalue weighted by atomic mass is 32.2. The van der Waals surface area contributed by atoms with Crippen LogP contribution in [0.2, 0.25) is 0 Å². The number of hydrogen-bond donors (Lipinski definition) is 2. The molecule has 0 bridgehead atoms. The number of aliphatic hydroxyl groups excluding tert-OH is 1. The zero-order chi connectivity index (χ0) is 13.6. The van der Waals surface area contributed by atoms with E-state index in [-0.39, 0.29) is 12.1 Å². The highest BCUT2D eigenvalue weighted by Gasteiger charge is 2.08. The first-order valence-corrected chi connectivity index (χ1v) is 7.49. The summed E-state index contributed by atoms with van der Waals surface area (Å²) in [4.78, 5) is 1.32. The quantitative estimate of drug-likeness (QED) is 0.612. The summed E-state index contributed by atoms with van der Waals surface area (Å²) in [5.74, 6) is 0.983. The molecule has 0 aliphatic heterocycles. The van der Waals surface area contributed by atoms with Gasteiger partial charge in [0.25, 0.3) is 0 Å². The van der Waals surface area contributed by atoms with E-state index < -0.39 is 0 Å². The fraction of sp³-hybridized carbons (Fsp3) is 0.600. The monoisotopic (exact) mass is 267 g/mol. The number of rotatable bonds is 6. The number of benzene rings is 1. The molecule has 18 heavy (non-hydrogen) atoms. The van der Waals surface area contributed by atoms with Crippen LogP contribution in [0.15, 0.2) is 23.1 Å². The number of hydrogen-bond acceptors (Lipinski definition) is 3. The van der Waals surface area contributed by atoms with E-state index in [0.717, 1.165) is 18.7 Å². The van der Waals surface area contributed by atoms with E-state index in [4.69, 9.17) is 5.11 Å². The predicted octanol–water partition coefficient (Wildman–Crippen LogP) is 3.36. The van der Waals surface area contributed by atoms with Gasteiger partial charge in [0.15, 0.2) is 0 Å². The number of nitrogens with one attached hydrogen (secondary N) is 1. The molecule has 0 heterocycles. The van der Waals surface area contributed by atoms with Gasteiger partial charge >= 0.3 is 0 Å². The summed E-state index contributed by atoms with van der Waals surface area (Å²) < 4.78 is 0. The zero-order valence-electron chi connectivity index (χ0n) is 11.9. The van der Waals surface area contributed by atoms with Gasteiger partial charge in [0.05, 0.1) is 0 Å². The van der Waals surface area contributed by atoms with Gasteiger partial charge in [-0.2, -0.15) is 0 Å². The summed E-state index contributed by atoms with van der Waals surface area (Å²) in [7, 11) is 0. The van der Waals surface area contributed by atoms with Crippen LogP contribution in [0.5, 0.6) is 0 Å². The van der Waals surface area contributed by atoms with E-state index in [1.165, 1.54) is 16.0 Å². The minimum Gasteiger partial charge on any atom is -0.396 e. The Labute approximate surface area is 115 Å². The van der Waals surface area contributed by atoms with Crippen molar-refractivity contribution in [2.24, 2.45) is 0 Å².